The summed E-state index contributed by atoms with van der Waals surface area (Å²) in [7, 11) is 0. The van der Waals surface area contributed by atoms with Gasteiger partial charge in [0.1, 0.15) is 0 Å². The van der Waals surface area contributed by atoms with Crippen LogP contribution >= 0.6 is 0 Å². The molecule has 1 heterocycles. The van der Waals surface area contributed by atoms with Crippen LogP contribution in [0.3, 0.4) is 0 Å². The summed E-state index contributed by atoms with van der Waals surface area (Å²) in [6.07, 6.45) is 1.63. The quantitative estimate of drug-likeness (QED) is 0.866. The molecule has 134 valence electrons. The van der Waals surface area contributed by atoms with Crippen molar-refractivity contribution >= 4 is 29.2 Å². The molecule has 0 aromatic heterocycles. The van der Waals surface area contributed by atoms with E-state index in [9.17, 15) is 14.4 Å². The summed E-state index contributed by atoms with van der Waals surface area (Å²) in [6.45, 7) is 2.54. The van der Waals surface area contributed by atoms with E-state index in [1.807, 2.05) is 31.2 Å². The molecule has 1 fully saturated rings. The normalized spacial score (nSPS) is 13.7. The van der Waals surface area contributed by atoms with Crippen LogP contribution < -0.4 is 10.2 Å². The van der Waals surface area contributed by atoms with Crippen molar-refractivity contribution in [3.63, 3.8) is 0 Å². The minimum absolute atomic E-state index is 0.129. The third-order valence-corrected chi connectivity index (χ3v) is 4.44. The molecular weight excluding hydrogens is 332 g/mol. The Morgan fingerprint density at radius 2 is 1.88 bits per heavy atom. The van der Waals surface area contributed by atoms with Gasteiger partial charge in [0, 0.05) is 24.3 Å². The van der Waals surface area contributed by atoms with Crippen LogP contribution in [0.15, 0.2) is 42.5 Å². The average molecular weight is 352 g/mol. The van der Waals surface area contributed by atoms with Gasteiger partial charge in [0.25, 0.3) is 0 Å². The molecule has 2 aromatic carbocycles. The molecule has 1 aliphatic rings. The molecule has 2 aromatic rings. The van der Waals surface area contributed by atoms with Gasteiger partial charge in [-0.05, 0) is 48.7 Å². The second-order valence-electron chi connectivity index (χ2n) is 6.38. The van der Waals surface area contributed by atoms with Gasteiger partial charge in [0.05, 0.1) is 12.0 Å². The zero-order chi connectivity index (χ0) is 18.7. The number of amides is 2. The number of benzene rings is 2. The molecule has 0 radical (unpaired) electrons. The van der Waals surface area contributed by atoms with Crippen LogP contribution in [0.2, 0.25) is 0 Å². The Kier molecular flexibility index (Phi) is 5.02. The first kappa shape index (κ1) is 17.7. The van der Waals surface area contributed by atoms with Gasteiger partial charge in [-0.3, -0.25) is 9.59 Å². The highest BCUT2D eigenvalue weighted by atomic mass is 16.4. The van der Waals surface area contributed by atoms with E-state index in [-0.39, 0.29) is 23.8 Å². The second kappa shape index (κ2) is 7.39. The topological polar surface area (TPSA) is 86.7 Å². The maximum atomic E-state index is 12.3. The van der Waals surface area contributed by atoms with Crippen molar-refractivity contribution in [1.29, 1.82) is 0 Å². The van der Waals surface area contributed by atoms with Crippen LogP contribution in [-0.4, -0.2) is 29.4 Å². The summed E-state index contributed by atoms with van der Waals surface area (Å²) in [6, 6.07) is 12.0. The van der Waals surface area contributed by atoms with Crippen molar-refractivity contribution in [2.45, 2.75) is 26.2 Å². The standard InChI is InChI=1S/C20H20N2O4/c1-13-4-7-15(20(25)26)12-17(13)21-18(23)11-14-5-8-16(9-6-14)22-10-2-3-19(22)24/h4-9,12H,2-3,10-11H2,1H3,(H,21,23)(H,25,26). The minimum atomic E-state index is -1.03. The largest absolute Gasteiger partial charge is 0.478 e. The van der Waals surface area contributed by atoms with Crippen molar-refractivity contribution < 1.29 is 19.5 Å². The first-order valence-corrected chi connectivity index (χ1v) is 8.47. The van der Waals surface area contributed by atoms with Gasteiger partial charge in [-0.15, -0.1) is 0 Å². The van der Waals surface area contributed by atoms with Gasteiger partial charge in [0.15, 0.2) is 0 Å². The lowest BCUT2D eigenvalue weighted by atomic mass is 10.1. The van der Waals surface area contributed by atoms with E-state index in [1.165, 1.54) is 12.1 Å². The van der Waals surface area contributed by atoms with Gasteiger partial charge < -0.3 is 15.3 Å². The molecule has 2 N–H and O–H groups in total. The number of carboxylic acids is 1. The van der Waals surface area contributed by atoms with Crippen molar-refractivity contribution in [2.24, 2.45) is 0 Å². The van der Waals surface area contributed by atoms with Crippen molar-refractivity contribution in [3.8, 4) is 0 Å². The smallest absolute Gasteiger partial charge is 0.335 e. The van der Waals surface area contributed by atoms with Crippen LogP contribution in [0.1, 0.15) is 34.3 Å². The Balaban J connectivity index is 1.66. The first-order valence-electron chi connectivity index (χ1n) is 8.47. The lowest BCUT2D eigenvalue weighted by Gasteiger charge is -2.16. The molecule has 0 saturated carbocycles. The average Bonchev–Trinajstić information content (AvgIpc) is 3.03. The fraction of sp³-hybridized carbons (Fsp3) is 0.250. The Labute approximate surface area is 151 Å². The summed E-state index contributed by atoms with van der Waals surface area (Å²) in [5, 5.41) is 11.8. The summed E-state index contributed by atoms with van der Waals surface area (Å²) in [5.41, 5.74) is 3.09. The molecule has 0 unspecified atom stereocenters. The van der Waals surface area contributed by atoms with Crippen molar-refractivity contribution in [1.82, 2.24) is 0 Å². The molecule has 0 aliphatic carbocycles. The maximum Gasteiger partial charge on any atom is 0.335 e. The van der Waals surface area contributed by atoms with Crippen LogP contribution in [0, 0.1) is 6.92 Å². The number of nitrogens with one attached hydrogen (secondary N) is 1. The van der Waals surface area contributed by atoms with E-state index in [1.54, 1.807) is 11.0 Å². The van der Waals surface area contributed by atoms with Gasteiger partial charge in [-0.25, -0.2) is 4.79 Å². The highest BCUT2D eigenvalue weighted by molar-refractivity contribution is 5.96. The number of nitrogens with zero attached hydrogens (tertiary/aromatic N) is 1. The highest BCUT2D eigenvalue weighted by Crippen LogP contribution is 2.22. The number of rotatable bonds is 5. The van der Waals surface area contributed by atoms with Crippen LogP contribution in [0.25, 0.3) is 0 Å². The summed E-state index contributed by atoms with van der Waals surface area (Å²) in [5.74, 6) is -1.13. The molecule has 0 bridgehead atoms. The molecule has 1 aliphatic heterocycles. The van der Waals surface area contributed by atoms with Gasteiger partial charge in [-0.1, -0.05) is 18.2 Å². The first-order chi connectivity index (χ1) is 12.4. The number of carboxylic acid groups (broad SMARTS) is 1. The molecule has 6 heteroatoms. The third-order valence-electron chi connectivity index (χ3n) is 4.44. The molecular formula is C20H20N2O4. The predicted molar refractivity (Wildman–Crippen MR) is 98.5 cm³/mol. The Hall–Kier alpha value is -3.15. The summed E-state index contributed by atoms with van der Waals surface area (Å²) < 4.78 is 0. The number of hydrogen-bond acceptors (Lipinski definition) is 3. The van der Waals surface area contributed by atoms with E-state index >= 15 is 0 Å². The Morgan fingerprint density at radius 1 is 1.15 bits per heavy atom. The fourth-order valence-corrected chi connectivity index (χ4v) is 2.98. The lowest BCUT2D eigenvalue weighted by molar-refractivity contribution is -0.117. The van der Waals surface area contributed by atoms with Crippen molar-refractivity contribution in [3.05, 3.63) is 59.2 Å². The number of anilines is 2. The van der Waals surface area contributed by atoms with Gasteiger partial charge in [-0.2, -0.15) is 0 Å². The highest BCUT2D eigenvalue weighted by Gasteiger charge is 2.21. The Bertz CT molecular complexity index is 859. The molecule has 0 spiro atoms. The summed E-state index contributed by atoms with van der Waals surface area (Å²) >= 11 is 0. The molecule has 1 saturated heterocycles. The minimum Gasteiger partial charge on any atom is -0.478 e. The summed E-state index contributed by atoms with van der Waals surface area (Å²) in [4.78, 5) is 36.9. The fourth-order valence-electron chi connectivity index (χ4n) is 2.98. The number of hydrogen-bond donors (Lipinski definition) is 2. The molecule has 6 nitrogen and oxygen atoms in total. The van der Waals surface area contributed by atoms with E-state index in [2.05, 4.69) is 5.32 Å². The van der Waals surface area contributed by atoms with E-state index < -0.39 is 5.97 Å². The zero-order valence-corrected chi connectivity index (χ0v) is 14.5. The molecule has 0 atom stereocenters. The number of carbonyl (C=O) groups excluding carboxylic acids is 2. The second-order valence-corrected chi connectivity index (χ2v) is 6.38. The maximum absolute atomic E-state index is 12.3. The molecule has 3 rings (SSSR count). The van der Waals surface area contributed by atoms with Crippen molar-refractivity contribution in [2.75, 3.05) is 16.8 Å². The van der Waals surface area contributed by atoms with E-state index in [0.717, 1.165) is 29.8 Å². The number of aryl methyl sites for hydroxylation is 1. The van der Waals surface area contributed by atoms with Crippen LogP contribution in [0.5, 0.6) is 0 Å². The van der Waals surface area contributed by atoms with E-state index in [0.29, 0.717) is 12.1 Å². The van der Waals surface area contributed by atoms with E-state index in [4.69, 9.17) is 5.11 Å². The predicted octanol–water partition coefficient (Wildman–Crippen LogP) is 3.00. The number of carbonyl (C=O) groups is 3. The monoisotopic (exact) mass is 352 g/mol. The molecule has 2 amide bonds. The Morgan fingerprint density at radius 3 is 2.50 bits per heavy atom. The van der Waals surface area contributed by atoms with Crippen LogP contribution in [-0.2, 0) is 16.0 Å². The lowest BCUT2D eigenvalue weighted by Crippen LogP contribution is -2.23. The van der Waals surface area contributed by atoms with Crippen LogP contribution in [0.4, 0.5) is 11.4 Å². The SMILES string of the molecule is Cc1ccc(C(=O)O)cc1NC(=O)Cc1ccc(N2CCCC2=O)cc1. The number of aromatic carboxylic acids is 1. The van der Waals surface area contributed by atoms with Gasteiger partial charge in [0.2, 0.25) is 11.8 Å². The van der Waals surface area contributed by atoms with Gasteiger partial charge >= 0.3 is 5.97 Å². The zero-order valence-electron chi connectivity index (χ0n) is 14.5. The third kappa shape index (κ3) is 3.91. The molecule has 26 heavy (non-hydrogen) atoms.